The van der Waals surface area contributed by atoms with Crippen molar-refractivity contribution in [1.82, 2.24) is 9.62 Å². The van der Waals surface area contributed by atoms with Gasteiger partial charge in [-0.05, 0) is 45.8 Å². The number of hydrogen-bond donors (Lipinski definition) is 1. The number of piperidine rings is 1. The predicted octanol–water partition coefficient (Wildman–Crippen LogP) is 1.74. The molecule has 0 amide bonds. The Morgan fingerprint density at radius 2 is 1.94 bits per heavy atom. The molecule has 0 unspecified atom stereocenters. The molecule has 0 aromatic carbocycles. The van der Waals surface area contributed by atoms with Crippen molar-refractivity contribution in [2.24, 2.45) is 0 Å². The average molecular weight is 288 g/mol. The van der Waals surface area contributed by atoms with Gasteiger partial charge in [-0.3, -0.25) is 0 Å². The number of nitrogens with zero attached hydrogens (tertiary/aromatic N) is 1. The molecule has 1 N–H and O–H groups in total. The molecule has 2 rings (SSSR count). The monoisotopic (exact) mass is 288 g/mol. The second-order valence-corrected chi connectivity index (χ2v) is 8.21. The molecule has 18 heavy (non-hydrogen) atoms. The largest absolute Gasteiger partial charge is 0.317 e. The number of aryl methyl sites for hydroxylation is 2. The Hall–Kier alpha value is -0.430. The van der Waals surface area contributed by atoms with Crippen molar-refractivity contribution in [3.05, 3.63) is 15.8 Å². The minimum Gasteiger partial charge on any atom is -0.317 e. The van der Waals surface area contributed by atoms with E-state index in [9.17, 15) is 8.42 Å². The summed E-state index contributed by atoms with van der Waals surface area (Å²) in [6.07, 6.45) is 1.77. The lowest BCUT2D eigenvalue weighted by atomic mass is 10.1. The molecule has 1 fully saturated rings. The fraction of sp³-hybridized carbons (Fsp3) is 0.667. The highest BCUT2D eigenvalue weighted by atomic mass is 32.2. The maximum absolute atomic E-state index is 12.6. The van der Waals surface area contributed by atoms with E-state index in [4.69, 9.17) is 0 Å². The highest BCUT2D eigenvalue weighted by Crippen LogP contribution is 2.29. The summed E-state index contributed by atoms with van der Waals surface area (Å²) in [5, 5.41) is 3.26. The molecule has 2 heterocycles. The fourth-order valence-electron chi connectivity index (χ4n) is 2.39. The lowest BCUT2D eigenvalue weighted by Crippen LogP contribution is -2.43. The third-order valence-electron chi connectivity index (χ3n) is 3.48. The molecule has 1 aliphatic heterocycles. The minimum absolute atomic E-state index is 0.121. The zero-order valence-corrected chi connectivity index (χ0v) is 12.7. The number of hydrogen-bond acceptors (Lipinski definition) is 4. The smallest absolute Gasteiger partial charge is 0.244 e. The lowest BCUT2D eigenvalue weighted by molar-refractivity contribution is 0.296. The third kappa shape index (κ3) is 2.61. The van der Waals surface area contributed by atoms with Gasteiger partial charge in [0.05, 0.1) is 4.90 Å². The first-order chi connectivity index (χ1) is 8.43. The number of sulfonamides is 1. The normalized spacial score (nSPS) is 18.4. The maximum Gasteiger partial charge on any atom is 0.244 e. The zero-order valence-electron chi connectivity index (χ0n) is 11.1. The number of thiophene rings is 1. The summed E-state index contributed by atoms with van der Waals surface area (Å²) in [6, 6.07) is 1.91. The van der Waals surface area contributed by atoms with Crippen LogP contribution in [0.1, 0.15) is 22.6 Å². The van der Waals surface area contributed by atoms with Crippen LogP contribution in [-0.2, 0) is 10.0 Å². The summed E-state index contributed by atoms with van der Waals surface area (Å²) >= 11 is 1.54. The van der Waals surface area contributed by atoms with Crippen molar-refractivity contribution < 1.29 is 8.42 Å². The van der Waals surface area contributed by atoms with Gasteiger partial charge in [0.2, 0.25) is 10.0 Å². The molecule has 102 valence electrons. The quantitative estimate of drug-likeness (QED) is 0.921. The van der Waals surface area contributed by atoms with Crippen molar-refractivity contribution in [2.75, 3.05) is 20.1 Å². The van der Waals surface area contributed by atoms with Crippen molar-refractivity contribution in [3.8, 4) is 0 Å². The van der Waals surface area contributed by atoms with Crippen LogP contribution in [-0.4, -0.2) is 38.9 Å². The molecular weight excluding hydrogens is 268 g/mol. The van der Waals surface area contributed by atoms with Gasteiger partial charge in [-0.2, -0.15) is 4.31 Å². The lowest BCUT2D eigenvalue weighted by Gasteiger charge is -2.30. The van der Waals surface area contributed by atoms with E-state index in [0.29, 0.717) is 4.90 Å². The molecule has 0 spiro atoms. The van der Waals surface area contributed by atoms with E-state index in [2.05, 4.69) is 5.32 Å². The van der Waals surface area contributed by atoms with Crippen molar-refractivity contribution in [1.29, 1.82) is 0 Å². The zero-order chi connectivity index (χ0) is 13.3. The average Bonchev–Trinajstić information content (AvgIpc) is 2.69. The Balaban J connectivity index is 2.27. The molecule has 0 aliphatic carbocycles. The van der Waals surface area contributed by atoms with E-state index < -0.39 is 10.0 Å². The van der Waals surface area contributed by atoms with Gasteiger partial charge < -0.3 is 5.32 Å². The van der Waals surface area contributed by atoms with Gasteiger partial charge in [-0.25, -0.2) is 8.42 Å². The van der Waals surface area contributed by atoms with Crippen molar-refractivity contribution in [3.63, 3.8) is 0 Å². The predicted molar refractivity (Wildman–Crippen MR) is 74.6 cm³/mol. The first-order valence-electron chi connectivity index (χ1n) is 6.18. The summed E-state index contributed by atoms with van der Waals surface area (Å²) in [5.41, 5.74) is 0. The van der Waals surface area contributed by atoms with E-state index in [1.165, 1.54) is 0 Å². The van der Waals surface area contributed by atoms with Crippen LogP contribution in [0.3, 0.4) is 0 Å². The van der Waals surface area contributed by atoms with Gasteiger partial charge in [0, 0.05) is 22.8 Å². The molecule has 1 aliphatic rings. The van der Waals surface area contributed by atoms with Crippen LogP contribution >= 0.6 is 11.3 Å². The van der Waals surface area contributed by atoms with Gasteiger partial charge >= 0.3 is 0 Å². The van der Waals surface area contributed by atoms with E-state index in [0.717, 1.165) is 35.7 Å². The molecule has 0 bridgehead atoms. The van der Waals surface area contributed by atoms with Gasteiger partial charge in [-0.15, -0.1) is 11.3 Å². The third-order valence-corrected chi connectivity index (χ3v) is 6.61. The second kappa shape index (κ2) is 5.28. The van der Waals surface area contributed by atoms with Crippen LogP contribution in [0.25, 0.3) is 0 Å². The Kier molecular flexibility index (Phi) is 4.11. The summed E-state index contributed by atoms with van der Waals surface area (Å²) < 4.78 is 26.7. The molecule has 1 aromatic heterocycles. The summed E-state index contributed by atoms with van der Waals surface area (Å²) in [7, 11) is -1.63. The first kappa shape index (κ1) is 14.0. The highest BCUT2D eigenvalue weighted by molar-refractivity contribution is 7.89. The number of nitrogens with one attached hydrogen (secondary N) is 1. The summed E-state index contributed by atoms with van der Waals surface area (Å²) in [4.78, 5) is 2.41. The molecule has 1 saturated heterocycles. The van der Waals surface area contributed by atoms with Gasteiger partial charge in [0.15, 0.2) is 0 Å². The number of rotatable bonds is 3. The van der Waals surface area contributed by atoms with E-state index in [1.54, 1.807) is 28.8 Å². The molecular formula is C12H20N2O2S2. The van der Waals surface area contributed by atoms with E-state index in [1.807, 2.05) is 13.8 Å². The molecule has 0 saturated carbocycles. The minimum atomic E-state index is -3.33. The van der Waals surface area contributed by atoms with Gasteiger partial charge in [0.1, 0.15) is 0 Å². The molecule has 6 heteroatoms. The molecule has 4 nitrogen and oxygen atoms in total. The van der Waals surface area contributed by atoms with E-state index >= 15 is 0 Å². The van der Waals surface area contributed by atoms with E-state index in [-0.39, 0.29) is 6.04 Å². The van der Waals surface area contributed by atoms with Crippen LogP contribution in [0, 0.1) is 13.8 Å². The van der Waals surface area contributed by atoms with Crippen LogP contribution in [0.15, 0.2) is 11.0 Å². The Labute approximate surface area is 113 Å². The second-order valence-electron chi connectivity index (χ2n) is 4.78. The van der Waals surface area contributed by atoms with Crippen molar-refractivity contribution in [2.45, 2.75) is 37.6 Å². The summed E-state index contributed by atoms with van der Waals surface area (Å²) in [5.74, 6) is 0. The van der Waals surface area contributed by atoms with Crippen LogP contribution in [0.4, 0.5) is 0 Å². The molecule has 0 radical (unpaired) electrons. The van der Waals surface area contributed by atoms with Crippen LogP contribution in [0.5, 0.6) is 0 Å². The molecule has 1 aromatic rings. The van der Waals surface area contributed by atoms with Crippen LogP contribution in [0.2, 0.25) is 0 Å². The molecule has 0 atom stereocenters. The topological polar surface area (TPSA) is 49.4 Å². The summed E-state index contributed by atoms with van der Waals surface area (Å²) in [6.45, 7) is 5.61. The Bertz CT molecular complexity index is 516. The van der Waals surface area contributed by atoms with Crippen LogP contribution < -0.4 is 5.32 Å². The standard InChI is InChI=1S/C12H20N2O2S2/c1-9-8-12(10(2)17-9)18(15,16)14(3)11-4-6-13-7-5-11/h8,11,13H,4-7H2,1-3H3. The SMILES string of the molecule is Cc1cc(S(=O)(=O)N(C)C2CCNCC2)c(C)s1. The van der Waals surface area contributed by atoms with Gasteiger partial charge in [-0.1, -0.05) is 0 Å². The highest BCUT2D eigenvalue weighted by Gasteiger charge is 2.30. The van der Waals surface area contributed by atoms with Gasteiger partial charge in [0.25, 0.3) is 0 Å². The fourth-order valence-corrected chi connectivity index (χ4v) is 5.32. The Morgan fingerprint density at radius 1 is 1.33 bits per heavy atom. The Morgan fingerprint density at radius 3 is 2.44 bits per heavy atom. The first-order valence-corrected chi connectivity index (χ1v) is 8.44. The van der Waals surface area contributed by atoms with Crippen molar-refractivity contribution >= 4 is 21.4 Å². The maximum atomic E-state index is 12.6.